The Balaban J connectivity index is 4.56. The second-order valence-electron chi connectivity index (χ2n) is 5.28. The molecule has 0 aromatic heterocycles. The number of carbonyl (C=O) groups is 2. The predicted octanol–water partition coefficient (Wildman–Crippen LogP) is 1.78. The highest BCUT2D eigenvalue weighted by Crippen LogP contribution is 2.10. The molecule has 0 fully saturated rings. The van der Waals surface area contributed by atoms with Crippen LogP contribution in [0.25, 0.3) is 0 Å². The van der Waals surface area contributed by atoms with Crippen LogP contribution in [0.1, 0.15) is 40.5 Å². The van der Waals surface area contributed by atoms with Crippen LogP contribution in [0.4, 0.5) is 0 Å². The number of nitroso groups, excluding NO2 is 1. The van der Waals surface area contributed by atoms with Crippen molar-refractivity contribution in [2.24, 2.45) is 17.0 Å². The predicted molar refractivity (Wildman–Crippen MR) is 68.1 cm³/mol. The highest BCUT2D eigenvalue weighted by atomic mass is 16.4. The van der Waals surface area contributed by atoms with Crippen molar-refractivity contribution in [3.63, 3.8) is 0 Å². The van der Waals surface area contributed by atoms with Gasteiger partial charge in [-0.1, -0.05) is 32.9 Å². The van der Waals surface area contributed by atoms with Crippen LogP contribution in [0, 0.1) is 16.7 Å². The molecule has 2 unspecified atom stereocenters. The molecule has 6 nitrogen and oxygen atoms in total. The molecular formula is C12H22N2O4. The monoisotopic (exact) mass is 258 g/mol. The molecule has 2 N–H and O–H groups in total. The number of hydrogen-bond acceptors (Lipinski definition) is 4. The zero-order valence-electron chi connectivity index (χ0n) is 11.3. The molecule has 0 aromatic carbocycles. The van der Waals surface area contributed by atoms with Gasteiger partial charge in [-0.2, -0.15) is 0 Å². The molecule has 0 heterocycles. The van der Waals surface area contributed by atoms with Crippen LogP contribution in [0.2, 0.25) is 0 Å². The number of carboxylic acids is 1. The van der Waals surface area contributed by atoms with Crippen LogP contribution >= 0.6 is 0 Å². The van der Waals surface area contributed by atoms with Crippen molar-refractivity contribution < 1.29 is 14.7 Å². The first-order valence-electron chi connectivity index (χ1n) is 6.13. The normalized spacial score (nSPS) is 14.3. The van der Waals surface area contributed by atoms with E-state index in [2.05, 4.69) is 10.5 Å². The Morgan fingerprint density at radius 2 is 1.61 bits per heavy atom. The second-order valence-corrected chi connectivity index (χ2v) is 5.28. The summed E-state index contributed by atoms with van der Waals surface area (Å²) in [6.45, 7) is 7.47. The van der Waals surface area contributed by atoms with Crippen molar-refractivity contribution >= 4 is 11.9 Å². The van der Waals surface area contributed by atoms with Gasteiger partial charge in [0.25, 0.3) is 0 Å². The summed E-state index contributed by atoms with van der Waals surface area (Å²) in [5, 5.41) is 14.1. The quantitative estimate of drug-likeness (QED) is 0.649. The molecule has 18 heavy (non-hydrogen) atoms. The second kappa shape index (κ2) is 7.79. The summed E-state index contributed by atoms with van der Waals surface area (Å²) in [6, 6.07) is -1.98. The van der Waals surface area contributed by atoms with E-state index < -0.39 is 24.0 Å². The molecule has 0 rings (SSSR count). The molecule has 0 bridgehead atoms. The Labute approximate surface area is 107 Å². The topological polar surface area (TPSA) is 95.8 Å². The van der Waals surface area contributed by atoms with E-state index in [1.807, 2.05) is 27.7 Å². The maximum absolute atomic E-state index is 11.7. The Morgan fingerprint density at radius 3 is 1.94 bits per heavy atom. The summed E-state index contributed by atoms with van der Waals surface area (Å²) in [5.41, 5.74) is 0. The minimum absolute atomic E-state index is 0.138. The number of amides is 1. The van der Waals surface area contributed by atoms with Crippen molar-refractivity contribution in [3.8, 4) is 0 Å². The summed E-state index contributed by atoms with van der Waals surface area (Å²) in [4.78, 5) is 33.3. The van der Waals surface area contributed by atoms with Gasteiger partial charge in [0, 0.05) is 0 Å². The first-order valence-corrected chi connectivity index (χ1v) is 6.13. The Bertz CT molecular complexity index is 302. The van der Waals surface area contributed by atoms with Crippen LogP contribution in [-0.2, 0) is 9.59 Å². The smallest absolute Gasteiger partial charge is 0.326 e. The van der Waals surface area contributed by atoms with Crippen molar-refractivity contribution in [3.05, 3.63) is 4.91 Å². The molecule has 104 valence electrons. The molecule has 0 saturated carbocycles. The van der Waals surface area contributed by atoms with E-state index in [4.69, 9.17) is 5.11 Å². The highest BCUT2D eigenvalue weighted by molar-refractivity contribution is 5.87. The van der Waals surface area contributed by atoms with Crippen LogP contribution in [-0.4, -0.2) is 29.1 Å². The molecular weight excluding hydrogens is 236 g/mol. The van der Waals surface area contributed by atoms with Gasteiger partial charge in [0.05, 0.1) is 0 Å². The van der Waals surface area contributed by atoms with Gasteiger partial charge >= 0.3 is 5.97 Å². The van der Waals surface area contributed by atoms with E-state index in [0.29, 0.717) is 12.8 Å². The van der Waals surface area contributed by atoms with E-state index >= 15 is 0 Å². The number of carbonyl (C=O) groups excluding carboxylic acids is 1. The van der Waals surface area contributed by atoms with Gasteiger partial charge in [0.15, 0.2) is 6.04 Å². The number of hydrogen-bond donors (Lipinski definition) is 2. The summed E-state index contributed by atoms with van der Waals surface area (Å²) in [5.74, 6) is -1.41. The van der Waals surface area contributed by atoms with Crippen LogP contribution in [0.3, 0.4) is 0 Å². The number of carboxylic acid groups (broad SMARTS) is 1. The number of aliphatic carboxylic acids is 1. The third kappa shape index (κ3) is 6.32. The van der Waals surface area contributed by atoms with Crippen molar-refractivity contribution in [1.29, 1.82) is 0 Å². The molecule has 0 aliphatic carbocycles. The number of nitrogens with one attached hydrogen (secondary N) is 1. The van der Waals surface area contributed by atoms with E-state index in [-0.39, 0.29) is 11.8 Å². The maximum atomic E-state index is 11.7. The maximum Gasteiger partial charge on any atom is 0.326 e. The summed E-state index contributed by atoms with van der Waals surface area (Å²) < 4.78 is 0. The van der Waals surface area contributed by atoms with Gasteiger partial charge in [0.2, 0.25) is 5.91 Å². The molecule has 0 radical (unpaired) electrons. The fourth-order valence-corrected chi connectivity index (χ4v) is 1.61. The molecule has 0 aliphatic rings. The first kappa shape index (κ1) is 16.5. The molecule has 2 atom stereocenters. The van der Waals surface area contributed by atoms with Gasteiger partial charge in [-0.25, -0.2) is 4.79 Å². The molecule has 0 spiro atoms. The molecule has 1 amide bonds. The lowest BCUT2D eigenvalue weighted by Crippen LogP contribution is -2.45. The minimum Gasteiger partial charge on any atom is -0.480 e. The third-order valence-electron chi connectivity index (χ3n) is 2.45. The van der Waals surface area contributed by atoms with E-state index in [1.54, 1.807) is 0 Å². The lowest BCUT2D eigenvalue weighted by atomic mass is 10.0. The molecule has 6 heteroatoms. The van der Waals surface area contributed by atoms with E-state index in [9.17, 15) is 14.5 Å². The Kier molecular flexibility index (Phi) is 7.16. The summed E-state index contributed by atoms with van der Waals surface area (Å²) in [7, 11) is 0. The zero-order chi connectivity index (χ0) is 14.3. The van der Waals surface area contributed by atoms with Gasteiger partial charge in [-0.15, -0.1) is 4.91 Å². The average Bonchev–Trinajstić information content (AvgIpc) is 2.23. The third-order valence-corrected chi connectivity index (χ3v) is 2.45. The Morgan fingerprint density at radius 1 is 1.11 bits per heavy atom. The van der Waals surface area contributed by atoms with Gasteiger partial charge in [0.1, 0.15) is 6.04 Å². The molecule has 0 aromatic rings. The lowest BCUT2D eigenvalue weighted by Gasteiger charge is -2.18. The Hall–Kier alpha value is -1.46. The zero-order valence-corrected chi connectivity index (χ0v) is 11.3. The lowest BCUT2D eigenvalue weighted by molar-refractivity contribution is -0.142. The van der Waals surface area contributed by atoms with Crippen LogP contribution in [0.5, 0.6) is 0 Å². The standard InChI is InChI=1S/C12H22N2O4/c1-7(2)5-9(14-18)11(15)13-10(12(16)17)6-8(3)4/h7-10H,5-6H2,1-4H3,(H,13,15)(H,16,17). The van der Waals surface area contributed by atoms with Gasteiger partial charge < -0.3 is 10.4 Å². The van der Waals surface area contributed by atoms with Crippen LogP contribution in [0.15, 0.2) is 5.18 Å². The highest BCUT2D eigenvalue weighted by Gasteiger charge is 2.26. The summed E-state index contributed by atoms with van der Waals surface area (Å²) >= 11 is 0. The molecule has 0 saturated heterocycles. The minimum atomic E-state index is -1.09. The number of nitrogens with zero attached hydrogens (tertiary/aromatic N) is 1. The fourth-order valence-electron chi connectivity index (χ4n) is 1.61. The SMILES string of the molecule is CC(C)CC(N=O)C(=O)NC(CC(C)C)C(=O)O. The van der Waals surface area contributed by atoms with Gasteiger partial charge in [-0.05, 0) is 24.7 Å². The van der Waals surface area contributed by atoms with E-state index in [1.165, 1.54) is 0 Å². The summed E-state index contributed by atoms with van der Waals surface area (Å²) in [6.07, 6.45) is 0.650. The molecule has 0 aliphatic heterocycles. The van der Waals surface area contributed by atoms with Crippen molar-refractivity contribution in [2.75, 3.05) is 0 Å². The largest absolute Gasteiger partial charge is 0.480 e. The van der Waals surface area contributed by atoms with Gasteiger partial charge in [-0.3, -0.25) is 4.79 Å². The average molecular weight is 258 g/mol. The van der Waals surface area contributed by atoms with E-state index in [0.717, 1.165) is 0 Å². The fraction of sp³-hybridized carbons (Fsp3) is 0.833. The van der Waals surface area contributed by atoms with Crippen LogP contribution < -0.4 is 5.32 Å². The number of rotatable bonds is 8. The van der Waals surface area contributed by atoms with Crippen molar-refractivity contribution in [1.82, 2.24) is 5.32 Å². The first-order chi connectivity index (χ1) is 8.27. The van der Waals surface area contributed by atoms with Crippen molar-refractivity contribution in [2.45, 2.75) is 52.6 Å².